The van der Waals surface area contributed by atoms with E-state index in [-0.39, 0.29) is 12.0 Å². The van der Waals surface area contributed by atoms with Gasteiger partial charge in [0.05, 0.1) is 6.10 Å². The number of hydrogen-bond donors (Lipinski definition) is 2. The number of nitrogen functional groups attached to an aromatic ring is 1. The summed E-state index contributed by atoms with van der Waals surface area (Å²) in [6, 6.07) is 1.84. The second-order valence-corrected chi connectivity index (χ2v) is 5.56. The largest absolute Gasteiger partial charge is 0.393 e. The molecule has 98 valence electrons. The van der Waals surface area contributed by atoms with Crippen LogP contribution in [-0.2, 0) is 0 Å². The van der Waals surface area contributed by atoms with E-state index in [1.807, 2.05) is 6.07 Å². The number of aliphatic hydroxyl groups is 1. The van der Waals surface area contributed by atoms with Gasteiger partial charge in [0.2, 0.25) is 0 Å². The first-order valence-corrected chi connectivity index (χ1v) is 6.71. The van der Waals surface area contributed by atoms with Gasteiger partial charge in [-0.25, -0.2) is 9.97 Å². The maximum atomic E-state index is 9.77. The van der Waals surface area contributed by atoms with Gasteiger partial charge >= 0.3 is 0 Å². The predicted octanol–water partition coefficient (Wildman–Crippen LogP) is 1.14. The molecular weight excluding hydrogens is 228 g/mol. The van der Waals surface area contributed by atoms with Crippen LogP contribution in [0.5, 0.6) is 0 Å². The third-order valence-electron chi connectivity index (χ3n) is 3.88. The molecule has 1 aromatic rings. The minimum Gasteiger partial charge on any atom is -0.393 e. The Morgan fingerprint density at radius 1 is 1.33 bits per heavy atom. The second-order valence-electron chi connectivity index (χ2n) is 5.56. The molecule has 0 bridgehead atoms. The van der Waals surface area contributed by atoms with E-state index >= 15 is 0 Å². The highest BCUT2D eigenvalue weighted by atomic mass is 16.3. The molecule has 2 aliphatic rings. The number of nitrogens with two attached hydrogens (primary N) is 1. The van der Waals surface area contributed by atoms with Gasteiger partial charge in [-0.3, -0.25) is 0 Å². The SMILES string of the molecule is CC1CN(c2cc(N)nc(C3CC3)n2)CCC1O. The molecule has 1 aliphatic heterocycles. The maximum absolute atomic E-state index is 9.77. The molecule has 2 unspecified atom stereocenters. The first-order valence-electron chi connectivity index (χ1n) is 6.71. The molecule has 3 rings (SSSR count). The smallest absolute Gasteiger partial charge is 0.136 e. The Bertz CT molecular complexity index is 447. The van der Waals surface area contributed by atoms with Crippen molar-refractivity contribution in [1.82, 2.24) is 9.97 Å². The fourth-order valence-electron chi connectivity index (χ4n) is 2.50. The first-order chi connectivity index (χ1) is 8.63. The van der Waals surface area contributed by atoms with Crippen LogP contribution in [0.4, 0.5) is 11.6 Å². The molecule has 0 amide bonds. The van der Waals surface area contributed by atoms with E-state index in [2.05, 4.69) is 21.8 Å². The van der Waals surface area contributed by atoms with Crippen LogP contribution >= 0.6 is 0 Å². The van der Waals surface area contributed by atoms with Gasteiger partial charge in [-0.05, 0) is 25.2 Å². The zero-order chi connectivity index (χ0) is 12.7. The van der Waals surface area contributed by atoms with Crippen molar-refractivity contribution in [3.63, 3.8) is 0 Å². The Morgan fingerprint density at radius 3 is 2.78 bits per heavy atom. The van der Waals surface area contributed by atoms with Gasteiger partial charge in [0.15, 0.2) is 0 Å². The summed E-state index contributed by atoms with van der Waals surface area (Å²) >= 11 is 0. The molecule has 0 radical (unpaired) electrons. The van der Waals surface area contributed by atoms with Gasteiger partial charge in [-0.2, -0.15) is 0 Å². The molecule has 0 aromatic carbocycles. The zero-order valence-electron chi connectivity index (χ0n) is 10.7. The van der Waals surface area contributed by atoms with Crippen molar-refractivity contribution in [3.05, 3.63) is 11.9 Å². The van der Waals surface area contributed by atoms with E-state index in [4.69, 9.17) is 5.73 Å². The summed E-state index contributed by atoms with van der Waals surface area (Å²) in [6.07, 6.45) is 2.96. The Kier molecular flexibility index (Phi) is 2.86. The number of aromatic nitrogens is 2. The highest BCUT2D eigenvalue weighted by Gasteiger charge is 2.29. The van der Waals surface area contributed by atoms with Gasteiger partial charge in [0, 0.05) is 25.1 Å². The average Bonchev–Trinajstić information content (AvgIpc) is 3.16. The van der Waals surface area contributed by atoms with Crippen LogP contribution in [0, 0.1) is 5.92 Å². The van der Waals surface area contributed by atoms with E-state index in [1.54, 1.807) is 0 Å². The fourth-order valence-corrected chi connectivity index (χ4v) is 2.50. The number of hydrogen-bond acceptors (Lipinski definition) is 5. The topological polar surface area (TPSA) is 75.3 Å². The number of rotatable bonds is 2. The van der Waals surface area contributed by atoms with Crippen molar-refractivity contribution in [2.75, 3.05) is 23.7 Å². The quantitative estimate of drug-likeness (QED) is 0.821. The minimum absolute atomic E-state index is 0.191. The van der Waals surface area contributed by atoms with Crippen LogP contribution in [0.1, 0.15) is 37.9 Å². The van der Waals surface area contributed by atoms with Gasteiger partial charge in [-0.1, -0.05) is 6.92 Å². The van der Waals surface area contributed by atoms with Gasteiger partial charge < -0.3 is 15.7 Å². The summed E-state index contributed by atoms with van der Waals surface area (Å²) in [4.78, 5) is 11.2. The standard InChI is InChI=1S/C13H20N4O/c1-8-7-17(5-4-10(8)18)12-6-11(14)15-13(16-12)9-2-3-9/h6,8-10,18H,2-5,7H2,1H3,(H2,14,15,16). The molecule has 2 fully saturated rings. The summed E-state index contributed by atoms with van der Waals surface area (Å²) in [5, 5.41) is 9.77. The lowest BCUT2D eigenvalue weighted by molar-refractivity contribution is 0.0969. The summed E-state index contributed by atoms with van der Waals surface area (Å²) in [6.45, 7) is 3.75. The predicted molar refractivity (Wildman–Crippen MR) is 70.4 cm³/mol. The summed E-state index contributed by atoms with van der Waals surface area (Å²) in [5.41, 5.74) is 5.87. The third kappa shape index (κ3) is 2.27. The number of aliphatic hydroxyl groups excluding tert-OH is 1. The molecule has 18 heavy (non-hydrogen) atoms. The van der Waals surface area contributed by atoms with Crippen molar-refractivity contribution >= 4 is 11.6 Å². The summed E-state index contributed by atoms with van der Waals surface area (Å²) in [7, 11) is 0. The molecule has 5 heteroatoms. The molecule has 1 saturated heterocycles. The van der Waals surface area contributed by atoms with E-state index < -0.39 is 0 Å². The molecule has 2 atom stereocenters. The zero-order valence-corrected chi connectivity index (χ0v) is 10.7. The van der Waals surface area contributed by atoms with Crippen molar-refractivity contribution < 1.29 is 5.11 Å². The molecule has 1 saturated carbocycles. The van der Waals surface area contributed by atoms with Crippen LogP contribution in [0.2, 0.25) is 0 Å². The number of piperidine rings is 1. The van der Waals surface area contributed by atoms with Crippen LogP contribution in [0.15, 0.2) is 6.07 Å². The molecule has 3 N–H and O–H groups in total. The lowest BCUT2D eigenvalue weighted by atomic mass is 9.97. The molecule has 2 heterocycles. The Hall–Kier alpha value is -1.36. The molecular formula is C13H20N4O. The van der Waals surface area contributed by atoms with Crippen molar-refractivity contribution in [3.8, 4) is 0 Å². The molecule has 5 nitrogen and oxygen atoms in total. The molecule has 1 aliphatic carbocycles. The highest BCUT2D eigenvalue weighted by molar-refractivity contribution is 5.48. The lowest BCUT2D eigenvalue weighted by Gasteiger charge is -2.35. The maximum Gasteiger partial charge on any atom is 0.136 e. The number of nitrogens with zero attached hydrogens (tertiary/aromatic N) is 3. The van der Waals surface area contributed by atoms with Crippen LogP contribution < -0.4 is 10.6 Å². The second kappa shape index (κ2) is 4.39. The lowest BCUT2D eigenvalue weighted by Crippen LogP contribution is -2.42. The van der Waals surface area contributed by atoms with Gasteiger partial charge in [0.25, 0.3) is 0 Å². The summed E-state index contributed by atoms with van der Waals surface area (Å²) < 4.78 is 0. The normalized spacial score (nSPS) is 28.4. The van der Waals surface area contributed by atoms with E-state index in [1.165, 1.54) is 12.8 Å². The van der Waals surface area contributed by atoms with Gasteiger partial charge in [-0.15, -0.1) is 0 Å². The van der Waals surface area contributed by atoms with E-state index in [0.717, 1.165) is 31.2 Å². The Labute approximate surface area is 107 Å². The molecule has 0 spiro atoms. The highest BCUT2D eigenvalue weighted by Crippen LogP contribution is 2.39. The minimum atomic E-state index is -0.191. The average molecular weight is 248 g/mol. The van der Waals surface area contributed by atoms with Crippen LogP contribution in [0.3, 0.4) is 0 Å². The number of anilines is 2. The van der Waals surface area contributed by atoms with Crippen molar-refractivity contribution in [1.29, 1.82) is 0 Å². The van der Waals surface area contributed by atoms with Crippen molar-refractivity contribution in [2.24, 2.45) is 5.92 Å². The van der Waals surface area contributed by atoms with Crippen LogP contribution in [0.25, 0.3) is 0 Å². The fraction of sp³-hybridized carbons (Fsp3) is 0.692. The van der Waals surface area contributed by atoms with Gasteiger partial charge in [0.1, 0.15) is 17.5 Å². The Balaban J connectivity index is 1.82. The summed E-state index contributed by atoms with van der Waals surface area (Å²) in [5.74, 6) is 3.16. The monoisotopic (exact) mass is 248 g/mol. The van der Waals surface area contributed by atoms with E-state index in [0.29, 0.717) is 11.7 Å². The third-order valence-corrected chi connectivity index (χ3v) is 3.88. The van der Waals surface area contributed by atoms with Crippen molar-refractivity contribution in [2.45, 2.75) is 38.2 Å². The van der Waals surface area contributed by atoms with Crippen LogP contribution in [-0.4, -0.2) is 34.3 Å². The Morgan fingerprint density at radius 2 is 2.11 bits per heavy atom. The molecule has 1 aromatic heterocycles. The first kappa shape index (κ1) is 11.7. The van der Waals surface area contributed by atoms with E-state index in [9.17, 15) is 5.11 Å².